The summed E-state index contributed by atoms with van der Waals surface area (Å²) < 4.78 is 5.22. The predicted octanol–water partition coefficient (Wildman–Crippen LogP) is -0.377. The SMILES string of the molecule is C[C@H]1COCCN1CN. The molecule has 0 aromatic carbocycles. The Labute approximate surface area is 55.8 Å². The third kappa shape index (κ3) is 1.64. The van der Waals surface area contributed by atoms with Gasteiger partial charge in [-0.05, 0) is 6.92 Å². The summed E-state index contributed by atoms with van der Waals surface area (Å²) in [5.41, 5.74) is 5.46. The molecule has 0 aromatic rings. The van der Waals surface area contributed by atoms with Crippen molar-refractivity contribution in [2.24, 2.45) is 5.73 Å². The van der Waals surface area contributed by atoms with Gasteiger partial charge in [0.05, 0.1) is 13.2 Å². The second-order valence-corrected chi connectivity index (χ2v) is 2.42. The molecule has 3 heteroatoms. The Hall–Kier alpha value is -0.120. The topological polar surface area (TPSA) is 38.5 Å². The lowest BCUT2D eigenvalue weighted by molar-refractivity contribution is 0.00104. The zero-order valence-corrected chi connectivity index (χ0v) is 5.84. The van der Waals surface area contributed by atoms with Gasteiger partial charge in [0.2, 0.25) is 0 Å². The van der Waals surface area contributed by atoms with E-state index in [0.717, 1.165) is 19.8 Å². The van der Waals surface area contributed by atoms with E-state index in [9.17, 15) is 0 Å². The molecule has 2 N–H and O–H groups in total. The van der Waals surface area contributed by atoms with E-state index in [-0.39, 0.29) is 0 Å². The van der Waals surface area contributed by atoms with E-state index < -0.39 is 0 Å². The maximum atomic E-state index is 5.46. The van der Waals surface area contributed by atoms with Gasteiger partial charge in [0.1, 0.15) is 0 Å². The minimum Gasteiger partial charge on any atom is -0.379 e. The second-order valence-electron chi connectivity index (χ2n) is 2.42. The van der Waals surface area contributed by atoms with Crippen molar-refractivity contribution in [2.75, 3.05) is 26.4 Å². The van der Waals surface area contributed by atoms with Crippen LogP contribution in [0.3, 0.4) is 0 Å². The standard InChI is InChI=1S/C6H14N2O/c1-6-4-9-3-2-8(6)5-7/h6H,2-5,7H2,1H3/t6-/m0/s1. The van der Waals surface area contributed by atoms with Gasteiger partial charge in [-0.1, -0.05) is 0 Å². The lowest BCUT2D eigenvalue weighted by atomic mass is 10.3. The highest BCUT2D eigenvalue weighted by Crippen LogP contribution is 2.02. The van der Waals surface area contributed by atoms with Crippen LogP contribution in [-0.2, 0) is 4.74 Å². The van der Waals surface area contributed by atoms with Crippen LogP contribution in [0.1, 0.15) is 6.92 Å². The third-order valence-electron chi connectivity index (χ3n) is 1.74. The van der Waals surface area contributed by atoms with Crippen LogP contribution in [0.2, 0.25) is 0 Å². The summed E-state index contributed by atoms with van der Waals surface area (Å²) in [6.07, 6.45) is 0. The first-order valence-corrected chi connectivity index (χ1v) is 3.36. The molecule has 0 aliphatic carbocycles. The van der Waals surface area contributed by atoms with Crippen molar-refractivity contribution < 1.29 is 4.74 Å². The average molecular weight is 130 g/mol. The summed E-state index contributed by atoms with van der Waals surface area (Å²) in [7, 11) is 0. The molecule has 1 fully saturated rings. The van der Waals surface area contributed by atoms with Crippen molar-refractivity contribution >= 4 is 0 Å². The zero-order chi connectivity index (χ0) is 6.69. The molecule has 0 radical (unpaired) electrons. The molecule has 0 amide bonds. The summed E-state index contributed by atoms with van der Waals surface area (Å²) in [4.78, 5) is 2.21. The molecule has 0 unspecified atom stereocenters. The molecule has 1 atom stereocenters. The van der Waals surface area contributed by atoms with Crippen LogP contribution in [-0.4, -0.2) is 37.4 Å². The molecule has 1 aliphatic heterocycles. The lowest BCUT2D eigenvalue weighted by Crippen LogP contribution is -2.46. The van der Waals surface area contributed by atoms with Crippen molar-refractivity contribution in [3.05, 3.63) is 0 Å². The molecule has 0 bridgehead atoms. The fourth-order valence-corrected chi connectivity index (χ4v) is 1.03. The molecule has 0 spiro atoms. The molecule has 1 saturated heterocycles. The van der Waals surface area contributed by atoms with E-state index in [4.69, 9.17) is 10.5 Å². The molecule has 9 heavy (non-hydrogen) atoms. The normalized spacial score (nSPS) is 30.7. The lowest BCUT2D eigenvalue weighted by Gasteiger charge is -2.31. The maximum Gasteiger partial charge on any atom is 0.0620 e. The van der Waals surface area contributed by atoms with Gasteiger partial charge >= 0.3 is 0 Å². The number of hydrogen-bond acceptors (Lipinski definition) is 3. The van der Waals surface area contributed by atoms with E-state index in [1.165, 1.54) is 0 Å². The highest BCUT2D eigenvalue weighted by atomic mass is 16.5. The van der Waals surface area contributed by atoms with Crippen LogP contribution in [0.5, 0.6) is 0 Å². The van der Waals surface area contributed by atoms with Crippen LogP contribution < -0.4 is 5.73 Å². The molecule has 3 nitrogen and oxygen atoms in total. The van der Waals surface area contributed by atoms with Crippen LogP contribution in [0.15, 0.2) is 0 Å². The van der Waals surface area contributed by atoms with Gasteiger partial charge in [-0.25, -0.2) is 0 Å². The summed E-state index contributed by atoms with van der Waals surface area (Å²) >= 11 is 0. The van der Waals surface area contributed by atoms with Crippen molar-refractivity contribution in [1.82, 2.24) is 4.90 Å². The number of nitrogens with two attached hydrogens (primary N) is 1. The Kier molecular flexibility index (Phi) is 2.45. The highest BCUT2D eigenvalue weighted by Gasteiger charge is 2.15. The van der Waals surface area contributed by atoms with E-state index in [2.05, 4.69) is 11.8 Å². The molecule has 0 aromatic heterocycles. The largest absolute Gasteiger partial charge is 0.379 e. The number of ether oxygens (including phenoxy) is 1. The first-order valence-electron chi connectivity index (χ1n) is 3.36. The molecule has 1 rings (SSSR count). The Balaban J connectivity index is 2.30. The molecule has 1 aliphatic rings. The van der Waals surface area contributed by atoms with E-state index >= 15 is 0 Å². The van der Waals surface area contributed by atoms with Gasteiger partial charge in [-0.3, -0.25) is 4.90 Å². The molecule has 0 saturated carbocycles. The third-order valence-corrected chi connectivity index (χ3v) is 1.74. The van der Waals surface area contributed by atoms with Crippen LogP contribution in [0.25, 0.3) is 0 Å². The summed E-state index contributed by atoms with van der Waals surface area (Å²) in [5.74, 6) is 0. The quantitative estimate of drug-likeness (QED) is 0.526. The van der Waals surface area contributed by atoms with Crippen LogP contribution in [0, 0.1) is 0 Å². The van der Waals surface area contributed by atoms with Gasteiger partial charge in [-0.15, -0.1) is 0 Å². The Bertz CT molecular complexity index is 87.1. The maximum absolute atomic E-state index is 5.46. The fourth-order valence-electron chi connectivity index (χ4n) is 1.03. The van der Waals surface area contributed by atoms with Crippen molar-refractivity contribution in [3.8, 4) is 0 Å². The van der Waals surface area contributed by atoms with E-state index in [1.807, 2.05) is 0 Å². The predicted molar refractivity (Wildman–Crippen MR) is 36.0 cm³/mol. The van der Waals surface area contributed by atoms with E-state index in [1.54, 1.807) is 0 Å². The van der Waals surface area contributed by atoms with E-state index in [0.29, 0.717) is 12.7 Å². The molecular weight excluding hydrogens is 116 g/mol. The van der Waals surface area contributed by atoms with Crippen molar-refractivity contribution in [2.45, 2.75) is 13.0 Å². The van der Waals surface area contributed by atoms with Gasteiger partial charge in [0.15, 0.2) is 0 Å². The number of nitrogens with zero attached hydrogens (tertiary/aromatic N) is 1. The highest BCUT2D eigenvalue weighted by molar-refractivity contribution is 4.68. The number of morpholine rings is 1. The monoisotopic (exact) mass is 130 g/mol. The first kappa shape index (κ1) is 6.99. The van der Waals surface area contributed by atoms with Gasteiger partial charge in [0, 0.05) is 19.3 Å². The zero-order valence-electron chi connectivity index (χ0n) is 5.84. The molecule has 54 valence electrons. The number of rotatable bonds is 1. The second kappa shape index (κ2) is 3.15. The molecular formula is C6H14N2O. The minimum absolute atomic E-state index is 0.503. The smallest absolute Gasteiger partial charge is 0.0620 e. The Morgan fingerprint density at radius 3 is 3.00 bits per heavy atom. The van der Waals surface area contributed by atoms with Gasteiger partial charge in [-0.2, -0.15) is 0 Å². The van der Waals surface area contributed by atoms with Crippen molar-refractivity contribution in [1.29, 1.82) is 0 Å². The van der Waals surface area contributed by atoms with Crippen molar-refractivity contribution in [3.63, 3.8) is 0 Å². The first-order chi connectivity index (χ1) is 4.34. The Morgan fingerprint density at radius 2 is 2.56 bits per heavy atom. The molecule has 1 heterocycles. The van der Waals surface area contributed by atoms with Gasteiger partial charge in [0.25, 0.3) is 0 Å². The van der Waals surface area contributed by atoms with Gasteiger partial charge < -0.3 is 10.5 Å². The summed E-state index contributed by atoms with van der Waals surface area (Å²) in [5, 5.41) is 0. The minimum atomic E-state index is 0.503. The Morgan fingerprint density at radius 1 is 1.78 bits per heavy atom. The van der Waals surface area contributed by atoms with Crippen LogP contribution in [0.4, 0.5) is 0 Å². The average Bonchev–Trinajstić information content (AvgIpc) is 1.89. The van der Waals surface area contributed by atoms with Crippen LogP contribution >= 0.6 is 0 Å². The summed E-state index contributed by atoms with van der Waals surface area (Å²) in [6.45, 7) is 5.44. The number of hydrogen-bond donors (Lipinski definition) is 1. The fraction of sp³-hybridized carbons (Fsp3) is 1.00. The summed E-state index contributed by atoms with van der Waals surface area (Å²) in [6, 6.07) is 0.503.